The average molecular weight is 232 g/mol. The molecule has 0 aromatic heterocycles. The minimum Gasteiger partial charge on any atom is -0.398 e. The molecule has 0 saturated heterocycles. The van der Waals surface area contributed by atoms with Crippen molar-refractivity contribution in [1.82, 2.24) is 0 Å². The third-order valence-electron chi connectivity index (χ3n) is 2.16. The molecule has 0 fully saturated rings. The van der Waals surface area contributed by atoms with E-state index in [2.05, 4.69) is 0 Å². The molecule has 1 aromatic carbocycles. The Hall–Kier alpha value is -0.810. The van der Waals surface area contributed by atoms with Gasteiger partial charge >= 0.3 is 0 Å². The van der Waals surface area contributed by atoms with E-state index in [1.807, 2.05) is 0 Å². The first-order valence-electron chi connectivity index (χ1n) is 4.58. The number of nitrogen functional groups attached to an aromatic ring is 1. The topological polar surface area (TPSA) is 86.7 Å². The van der Waals surface area contributed by atoms with Gasteiger partial charge in [-0.25, -0.2) is 0 Å². The van der Waals surface area contributed by atoms with Gasteiger partial charge < -0.3 is 21.1 Å². The quantitative estimate of drug-likeness (QED) is 0.575. The van der Waals surface area contributed by atoms with Crippen LogP contribution in [0.3, 0.4) is 0 Å². The van der Waals surface area contributed by atoms with E-state index in [0.717, 1.165) is 0 Å². The van der Waals surface area contributed by atoms with E-state index in [9.17, 15) is 10.2 Å². The molecule has 0 aliphatic heterocycles. The first kappa shape index (κ1) is 12.3. The zero-order valence-corrected chi connectivity index (χ0v) is 8.85. The third-order valence-corrected chi connectivity index (χ3v) is 2.39. The van der Waals surface area contributed by atoms with Crippen molar-refractivity contribution in [2.45, 2.75) is 18.6 Å². The van der Waals surface area contributed by atoms with Crippen LogP contribution in [-0.4, -0.2) is 28.0 Å². The van der Waals surface area contributed by atoms with Crippen LogP contribution in [0, 0.1) is 0 Å². The zero-order chi connectivity index (χ0) is 11.4. The highest BCUT2D eigenvalue weighted by molar-refractivity contribution is 6.30. The summed E-state index contributed by atoms with van der Waals surface area (Å²) in [6.07, 6.45) is -2.08. The number of anilines is 1. The van der Waals surface area contributed by atoms with E-state index < -0.39 is 12.2 Å². The molecule has 0 saturated carbocycles. The molecule has 5 N–H and O–H groups in total. The summed E-state index contributed by atoms with van der Waals surface area (Å²) < 4.78 is 0. The van der Waals surface area contributed by atoms with E-state index in [0.29, 0.717) is 16.3 Å². The number of hydrogen-bond donors (Lipinski definition) is 4. The van der Waals surface area contributed by atoms with Gasteiger partial charge in [-0.05, 0) is 24.6 Å². The Morgan fingerprint density at radius 3 is 2.60 bits per heavy atom. The van der Waals surface area contributed by atoms with Crippen LogP contribution in [0.2, 0.25) is 5.02 Å². The maximum atomic E-state index is 9.73. The van der Waals surface area contributed by atoms with Crippen LogP contribution in [0.15, 0.2) is 18.2 Å². The molecule has 1 aromatic rings. The van der Waals surface area contributed by atoms with E-state index in [4.69, 9.17) is 22.4 Å². The molecule has 1 rings (SSSR count). The van der Waals surface area contributed by atoms with Crippen LogP contribution >= 0.6 is 11.6 Å². The molecule has 4 nitrogen and oxygen atoms in total. The average Bonchev–Trinajstić information content (AvgIpc) is 2.21. The van der Waals surface area contributed by atoms with Gasteiger partial charge in [0.1, 0.15) is 6.10 Å². The second-order valence-corrected chi connectivity index (χ2v) is 3.73. The highest BCUT2D eigenvalue weighted by Gasteiger charge is 2.20. The van der Waals surface area contributed by atoms with Gasteiger partial charge in [0.15, 0.2) is 0 Å². The number of halogens is 1. The van der Waals surface area contributed by atoms with Crippen molar-refractivity contribution < 1.29 is 15.3 Å². The van der Waals surface area contributed by atoms with E-state index in [-0.39, 0.29) is 13.0 Å². The number of aliphatic hydroxyl groups is 3. The van der Waals surface area contributed by atoms with Crippen molar-refractivity contribution in [3.05, 3.63) is 28.8 Å². The minimum atomic E-state index is -1.13. The summed E-state index contributed by atoms with van der Waals surface area (Å²) >= 11 is 5.74. The van der Waals surface area contributed by atoms with Gasteiger partial charge in [-0.3, -0.25) is 0 Å². The second kappa shape index (κ2) is 5.32. The van der Waals surface area contributed by atoms with Crippen molar-refractivity contribution in [1.29, 1.82) is 0 Å². The Labute approximate surface area is 92.9 Å². The lowest BCUT2D eigenvalue weighted by Gasteiger charge is -2.18. The lowest BCUT2D eigenvalue weighted by Crippen LogP contribution is -2.20. The van der Waals surface area contributed by atoms with Crippen LogP contribution in [0.4, 0.5) is 5.69 Å². The maximum absolute atomic E-state index is 9.73. The zero-order valence-electron chi connectivity index (χ0n) is 8.10. The van der Waals surface area contributed by atoms with Crippen molar-refractivity contribution in [3.63, 3.8) is 0 Å². The Morgan fingerprint density at radius 1 is 1.33 bits per heavy atom. The summed E-state index contributed by atoms with van der Waals surface area (Å²) in [5, 5.41) is 28.3. The molecule has 0 spiro atoms. The summed E-state index contributed by atoms with van der Waals surface area (Å²) in [7, 11) is 0. The molecule has 0 aliphatic carbocycles. The Balaban J connectivity index is 2.89. The first-order valence-corrected chi connectivity index (χ1v) is 4.96. The van der Waals surface area contributed by atoms with E-state index in [1.54, 1.807) is 12.1 Å². The van der Waals surface area contributed by atoms with Gasteiger partial charge in [0.2, 0.25) is 0 Å². The normalized spacial score (nSPS) is 14.9. The number of benzene rings is 1. The monoisotopic (exact) mass is 231 g/mol. The molecule has 0 amide bonds. The molecule has 5 heteroatoms. The highest BCUT2D eigenvalue weighted by atomic mass is 35.5. The summed E-state index contributed by atoms with van der Waals surface area (Å²) in [6, 6.07) is 4.67. The van der Waals surface area contributed by atoms with Gasteiger partial charge in [0.05, 0.1) is 6.10 Å². The predicted molar refractivity (Wildman–Crippen MR) is 58.5 cm³/mol. The van der Waals surface area contributed by atoms with Crippen molar-refractivity contribution >= 4 is 17.3 Å². The fourth-order valence-corrected chi connectivity index (χ4v) is 1.48. The Morgan fingerprint density at radius 2 is 2.00 bits per heavy atom. The lowest BCUT2D eigenvalue weighted by molar-refractivity contribution is 0.00461. The number of rotatable bonds is 4. The minimum absolute atomic E-state index is 0.0904. The Bertz CT molecular complexity index is 332. The summed E-state index contributed by atoms with van der Waals surface area (Å²) in [5.74, 6) is 0. The van der Waals surface area contributed by atoms with Gasteiger partial charge in [-0.15, -0.1) is 0 Å². The summed E-state index contributed by atoms with van der Waals surface area (Å²) in [6.45, 7) is -0.196. The molecule has 0 radical (unpaired) electrons. The van der Waals surface area contributed by atoms with Crippen LogP contribution in [0.1, 0.15) is 18.1 Å². The standard InChI is InChI=1S/C10H14ClNO3/c11-6-1-2-8(12)7(5-6)10(15)9(14)3-4-13/h1-2,5,9-10,13-15H,3-4,12H2. The van der Waals surface area contributed by atoms with Crippen LogP contribution in [0.5, 0.6) is 0 Å². The highest BCUT2D eigenvalue weighted by Crippen LogP contribution is 2.27. The molecule has 2 unspecified atom stereocenters. The lowest BCUT2D eigenvalue weighted by atomic mass is 10.0. The van der Waals surface area contributed by atoms with E-state index >= 15 is 0 Å². The largest absolute Gasteiger partial charge is 0.398 e. The molecule has 0 bridgehead atoms. The van der Waals surface area contributed by atoms with Gasteiger partial charge in [0, 0.05) is 22.9 Å². The molecule has 0 heterocycles. The molecule has 84 valence electrons. The van der Waals surface area contributed by atoms with Crippen LogP contribution in [-0.2, 0) is 0 Å². The first-order chi connectivity index (χ1) is 7.06. The van der Waals surface area contributed by atoms with Crippen molar-refractivity contribution in [2.75, 3.05) is 12.3 Å². The Kier molecular flexibility index (Phi) is 4.35. The summed E-state index contributed by atoms with van der Waals surface area (Å²) in [5.41, 5.74) is 6.37. The fraction of sp³-hybridized carbons (Fsp3) is 0.400. The molecule has 0 aliphatic rings. The number of nitrogens with two attached hydrogens (primary N) is 1. The van der Waals surface area contributed by atoms with Crippen molar-refractivity contribution in [3.8, 4) is 0 Å². The molecule has 2 atom stereocenters. The predicted octanol–water partition coefficient (Wildman–Crippen LogP) is 0.699. The van der Waals surface area contributed by atoms with Crippen LogP contribution in [0.25, 0.3) is 0 Å². The molecular weight excluding hydrogens is 218 g/mol. The third kappa shape index (κ3) is 3.07. The molecule has 15 heavy (non-hydrogen) atoms. The van der Waals surface area contributed by atoms with Crippen LogP contribution < -0.4 is 5.73 Å². The van der Waals surface area contributed by atoms with Gasteiger partial charge in [-0.1, -0.05) is 11.6 Å². The van der Waals surface area contributed by atoms with Gasteiger partial charge in [0.25, 0.3) is 0 Å². The second-order valence-electron chi connectivity index (χ2n) is 3.30. The van der Waals surface area contributed by atoms with E-state index in [1.165, 1.54) is 6.07 Å². The summed E-state index contributed by atoms with van der Waals surface area (Å²) in [4.78, 5) is 0. The SMILES string of the molecule is Nc1ccc(Cl)cc1C(O)C(O)CCO. The molecular formula is C10H14ClNO3. The fourth-order valence-electron chi connectivity index (χ4n) is 1.30. The smallest absolute Gasteiger partial charge is 0.107 e. The maximum Gasteiger partial charge on any atom is 0.107 e. The number of hydrogen-bond acceptors (Lipinski definition) is 4. The van der Waals surface area contributed by atoms with Gasteiger partial charge in [-0.2, -0.15) is 0 Å². The number of aliphatic hydroxyl groups excluding tert-OH is 3. The van der Waals surface area contributed by atoms with Crippen molar-refractivity contribution in [2.24, 2.45) is 0 Å².